The molecular weight excluding hydrogens is 186 g/mol. The number of fused-ring (bicyclic) bond motifs is 1. The summed E-state index contributed by atoms with van der Waals surface area (Å²) < 4.78 is 0. The Kier molecular flexibility index (Phi) is 2.54. The average Bonchev–Trinajstić information content (AvgIpc) is 2.46. The third kappa shape index (κ3) is 1.85. The molecule has 0 aromatic heterocycles. The molecule has 1 aliphatic rings. The maximum Gasteiger partial charge on any atom is 0.0572 e. The van der Waals surface area contributed by atoms with E-state index in [9.17, 15) is 0 Å². The van der Waals surface area contributed by atoms with Crippen molar-refractivity contribution < 1.29 is 4.84 Å². The van der Waals surface area contributed by atoms with Gasteiger partial charge in [-0.05, 0) is 36.1 Å². The van der Waals surface area contributed by atoms with Crippen LogP contribution < -0.4 is 5.48 Å². The first-order valence-corrected chi connectivity index (χ1v) is 4.73. The molecule has 0 fully saturated rings. The fourth-order valence-corrected chi connectivity index (χ4v) is 2.03. The Labute approximate surface area is 82.8 Å². The number of hydroxylamine groups is 1. The van der Waals surface area contributed by atoms with Crippen LogP contribution in [-0.2, 0) is 17.7 Å². The Morgan fingerprint density at radius 1 is 1.38 bits per heavy atom. The van der Waals surface area contributed by atoms with Gasteiger partial charge < -0.3 is 4.84 Å². The van der Waals surface area contributed by atoms with E-state index in [-0.39, 0.29) is 0 Å². The maximum absolute atomic E-state index is 5.90. The second-order valence-electron chi connectivity index (χ2n) is 3.34. The quantitative estimate of drug-likeness (QED) is 0.732. The molecule has 1 aromatic carbocycles. The topological polar surface area (TPSA) is 21.3 Å². The first kappa shape index (κ1) is 9.00. The van der Waals surface area contributed by atoms with Crippen LogP contribution >= 0.6 is 11.6 Å². The summed E-state index contributed by atoms with van der Waals surface area (Å²) in [4.78, 5) is 4.90. The Hall–Kier alpha value is -0.570. The van der Waals surface area contributed by atoms with Crippen LogP contribution in [0.5, 0.6) is 0 Å². The lowest BCUT2D eigenvalue weighted by Crippen LogP contribution is -2.28. The molecule has 0 aliphatic heterocycles. The van der Waals surface area contributed by atoms with Crippen molar-refractivity contribution in [2.45, 2.75) is 18.9 Å². The van der Waals surface area contributed by atoms with Gasteiger partial charge in [-0.1, -0.05) is 17.7 Å². The van der Waals surface area contributed by atoms with Crippen molar-refractivity contribution in [2.24, 2.45) is 0 Å². The molecule has 0 spiro atoms. The normalized spacial score (nSPS) is 20.3. The number of hydrogen-bond donors (Lipinski definition) is 1. The number of nitrogens with one attached hydrogen (secondary N) is 1. The zero-order chi connectivity index (χ0) is 9.26. The highest BCUT2D eigenvalue weighted by molar-refractivity contribution is 6.30. The number of rotatable bonds is 2. The highest BCUT2D eigenvalue weighted by Crippen LogP contribution is 2.25. The number of hydrogen-bond acceptors (Lipinski definition) is 2. The lowest BCUT2D eigenvalue weighted by molar-refractivity contribution is 0.0637. The summed E-state index contributed by atoms with van der Waals surface area (Å²) >= 11 is 5.90. The molecule has 0 saturated heterocycles. The zero-order valence-corrected chi connectivity index (χ0v) is 8.27. The first-order valence-electron chi connectivity index (χ1n) is 4.35. The molecule has 0 radical (unpaired) electrons. The van der Waals surface area contributed by atoms with E-state index in [0.29, 0.717) is 6.04 Å². The molecule has 1 aliphatic carbocycles. The van der Waals surface area contributed by atoms with Gasteiger partial charge >= 0.3 is 0 Å². The predicted molar refractivity (Wildman–Crippen MR) is 52.8 cm³/mol. The van der Waals surface area contributed by atoms with Crippen molar-refractivity contribution in [1.82, 2.24) is 5.48 Å². The van der Waals surface area contributed by atoms with Crippen LogP contribution in [0.2, 0.25) is 5.02 Å². The molecule has 2 rings (SSSR count). The molecule has 70 valence electrons. The van der Waals surface area contributed by atoms with Crippen molar-refractivity contribution in [1.29, 1.82) is 0 Å². The Morgan fingerprint density at radius 3 is 2.92 bits per heavy atom. The van der Waals surface area contributed by atoms with Crippen molar-refractivity contribution in [3.05, 3.63) is 34.3 Å². The van der Waals surface area contributed by atoms with Crippen LogP contribution in [0.25, 0.3) is 0 Å². The third-order valence-corrected chi connectivity index (χ3v) is 2.62. The van der Waals surface area contributed by atoms with Crippen LogP contribution in [0.3, 0.4) is 0 Å². The summed E-state index contributed by atoms with van der Waals surface area (Å²) in [6, 6.07) is 6.47. The van der Waals surface area contributed by atoms with Gasteiger partial charge in [0.15, 0.2) is 0 Å². The van der Waals surface area contributed by atoms with Gasteiger partial charge in [0.2, 0.25) is 0 Å². The van der Waals surface area contributed by atoms with Crippen molar-refractivity contribution >= 4 is 11.6 Å². The molecule has 13 heavy (non-hydrogen) atoms. The summed E-state index contributed by atoms with van der Waals surface area (Å²) in [6.45, 7) is 0. The van der Waals surface area contributed by atoms with Gasteiger partial charge in [-0.3, -0.25) is 0 Å². The van der Waals surface area contributed by atoms with E-state index in [4.69, 9.17) is 16.4 Å². The molecule has 0 amide bonds. The standard InChI is InChI=1S/C10H12ClNO/c1-13-12-10-5-7-2-3-9(11)4-8(7)6-10/h2-4,10,12H,5-6H2,1H3. The Balaban J connectivity index is 2.16. The predicted octanol–water partition coefficient (Wildman–Crippen LogP) is 1.96. The van der Waals surface area contributed by atoms with Crippen molar-refractivity contribution in [3.63, 3.8) is 0 Å². The van der Waals surface area contributed by atoms with Gasteiger partial charge in [0.25, 0.3) is 0 Å². The van der Waals surface area contributed by atoms with Crippen LogP contribution in [-0.4, -0.2) is 13.2 Å². The van der Waals surface area contributed by atoms with E-state index in [0.717, 1.165) is 17.9 Å². The largest absolute Gasteiger partial charge is 0.305 e. The number of halogens is 1. The average molecular weight is 198 g/mol. The molecule has 1 N–H and O–H groups in total. The van der Waals surface area contributed by atoms with Crippen LogP contribution in [0.1, 0.15) is 11.1 Å². The van der Waals surface area contributed by atoms with Crippen LogP contribution in [0, 0.1) is 0 Å². The van der Waals surface area contributed by atoms with Gasteiger partial charge in [-0.15, -0.1) is 0 Å². The van der Waals surface area contributed by atoms with Crippen LogP contribution in [0.15, 0.2) is 18.2 Å². The van der Waals surface area contributed by atoms with Crippen molar-refractivity contribution in [3.8, 4) is 0 Å². The van der Waals surface area contributed by atoms with E-state index >= 15 is 0 Å². The monoisotopic (exact) mass is 197 g/mol. The minimum atomic E-state index is 0.401. The summed E-state index contributed by atoms with van der Waals surface area (Å²) in [5.74, 6) is 0. The first-order chi connectivity index (χ1) is 6.29. The second kappa shape index (κ2) is 3.66. The smallest absolute Gasteiger partial charge is 0.0572 e. The summed E-state index contributed by atoms with van der Waals surface area (Å²) in [6.07, 6.45) is 2.03. The Morgan fingerprint density at radius 2 is 2.15 bits per heavy atom. The minimum absolute atomic E-state index is 0.401. The van der Waals surface area contributed by atoms with E-state index in [2.05, 4.69) is 11.5 Å². The molecule has 0 heterocycles. The van der Waals surface area contributed by atoms with Gasteiger partial charge in [0, 0.05) is 11.1 Å². The lowest BCUT2D eigenvalue weighted by atomic mass is 10.1. The molecule has 1 unspecified atom stereocenters. The third-order valence-electron chi connectivity index (χ3n) is 2.39. The molecule has 2 nitrogen and oxygen atoms in total. The van der Waals surface area contributed by atoms with Gasteiger partial charge in [0.1, 0.15) is 0 Å². The Bertz CT molecular complexity index is 314. The van der Waals surface area contributed by atoms with E-state index in [1.54, 1.807) is 7.11 Å². The molecule has 0 bridgehead atoms. The highest BCUT2D eigenvalue weighted by Gasteiger charge is 2.20. The van der Waals surface area contributed by atoms with Crippen LogP contribution in [0.4, 0.5) is 0 Å². The van der Waals surface area contributed by atoms with Gasteiger partial charge in [0.05, 0.1) is 7.11 Å². The van der Waals surface area contributed by atoms with E-state index in [1.807, 2.05) is 12.1 Å². The molecule has 1 aromatic rings. The second-order valence-corrected chi connectivity index (χ2v) is 3.78. The summed E-state index contributed by atoms with van der Waals surface area (Å²) in [5, 5.41) is 0.816. The van der Waals surface area contributed by atoms with E-state index < -0.39 is 0 Å². The van der Waals surface area contributed by atoms with Gasteiger partial charge in [-0.2, -0.15) is 5.48 Å². The van der Waals surface area contributed by atoms with Gasteiger partial charge in [-0.25, -0.2) is 0 Å². The molecule has 1 atom stereocenters. The highest BCUT2D eigenvalue weighted by atomic mass is 35.5. The molecule has 3 heteroatoms. The molecular formula is C10H12ClNO. The summed E-state index contributed by atoms with van der Waals surface area (Å²) in [5.41, 5.74) is 5.68. The molecule has 0 saturated carbocycles. The van der Waals surface area contributed by atoms with E-state index in [1.165, 1.54) is 11.1 Å². The summed E-state index contributed by atoms with van der Waals surface area (Å²) in [7, 11) is 1.65. The fraction of sp³-hybridized carbons (Fsp3) is 0.400. The maximum atomic E-state index is 5.90. The van der Waals surface area contributed by atoms with Crippen molar-refractivity contribution in [2.75, 3.05) is 7.11 Å². The SMILES string of the molecule is CONC1Cc2ccc(Cl)cc2C1. The zero-order valence-electron chi connectivity index (χ0n) is 7.51. The fourth-order valence-electron chi connectivity index (χ4n) is 1.84. The number of benzene rings is 1. The lowest BCUT2D eigenvalue weighted by Gasteiger charge is -2.07. The minimum Gasteiger partial charge on any atom is -0.305 e.